The highest BCUT2D eigenvalue weighted by Crippen LogP contribution is 2.28. The Bertz CT molecular complexity index is 747. The van der Waals surface area contributed by atoms with Gasteiger partial charge in [-0.1, -0.05) is 37.3 Å². The van der Waals surface area contributed by atoms with Crippen LogP contribution < -0.4 is 5.56 Å². The minimum atomic E-state index is -0.156. The maximum absolute atomic E-state index is 12.7. The molecule has 5 heteroatoms. The first-order valence-corrected chi connectivity index (χ1v) is 8.61. The molecule has 3 rings (SSSR count). The fraction of sp³-hybridized carbons (Fsp3) is 0.421. The number of likely N-dealkylation sites (tertiary alicyclic amines) is 1. The van der Waals surface area contributed by atoms with E-state index in [1.807, 2.05) is 17.9 Å². The van der Waals surface area contributed by atoms with E-state index in [0.717, 1.165) is 32.4 Å². The summed E-state index contributed by atoms with van der Waals surface area (Å²) >= 11 is 0. The van der Waals surface area contributed by atoms with Crippen molar-refractivity contribution in [2.45, 2.75) is 38.6 Å². The Hall–Kier alpha value is -2.43. The van der Waals surface area contributed by atoms with Crippen LogP contribution in [0.4, 0.5) is 0 Å². The second kappa shape index (κ2) is 7.43. The number of carbonyl (C=O) groups excluding carboxylic acids is 1. The molecule has 1 aromatic heterocycles. The summed E-state index contributed by atoms with van der Waals surface area (Å²) in [5, 5.41) is 4.23. The van der Waals surface area contributed by atoms with Crippen LogP contribution in [0.25, 0.3) is 0 Å². The van der Waals surface area contributed by atoms with E-state index >= 15 is 0 Å². The molecule has 1 aliphatic rings. The van der Waals surface area contributed by atoms with Gasteiger partial charge in [0.25, 0.3) is 11.5 Å². The molecule has 0 bridgehead atoms. The molecule has 1 fully saturated rings. The average molecular weight is 325 g/mol. The van der Waals surface area contributed by atoms with Crippen molar-refractivity contribution in [3.05, 3.63) is 64.1 Å². The molecule has 0 saturated carbocycles. The van der Waals surface area contributed by atoms with Gasteiger partial charge in [0.15, 0.2) is 0 Å². The summed E-state index contributed by atoms with van der Waals surface area (Å²) in [6.07, 6.45) is 2.74. The maximum Gasteiger partial charge on any atom is 0.274 e. The zero-order chi connectivity index (χ0) is 16.9. The summed E-state index contributed by atoms with van der Waals surface area (Å²) in [5.41, 5.74) is 1.55. The fourth-order valence-corrected chi connectivity index (χ4v) is 3.24. The lowest BCUT2D eigenvalue weighted by atomic mass is 9.89. The van der Waals surface area contributed by atoms with Crippen molar-refractivity contribution in [1.82, 2.24) is 14.7 Å². The number of benzene rings is 1. The van der Waals surface area contributed by atoms with Crippen molar-refractivity contribution >= 4 is 5.91 Å². The number of amides is 1. The second-order valence-electron chi connectivity index (χ2n) is 6.26. The highest BCUT2D eigenvalue weighted by molar-refractivity contribution is 5.92. The molecule has 5 nitrogen and oxygen atoms in total. The summed E-state index contributed by atoms with van der Waals surface area (Å²) in [4.78, 5) is 26.2. The summed E-state index contributed by atoms with van der Waals surface area (Å²) in [7, 11) is 0. The third-order valence-electron chi connectivity index (χ3n) is 4.57. The molecule has 1 amide bonds. The van der Waals surface area contributed by atoms with Gasteiger partial charge in [-0.2, -0.15) is 5.10 Å². The minimum Gasteiger partial charge on any atom is -0.337 e. The van der Waals surface area contributed by atoms with Gasteiger partial charge >= 0.3 is 0 Å². The number of aryl methyl sites for hydroxylation is 1. The lowest BCUT2D eigenvalue weighted by Crippen LogP contribution is -2.39. The van der Waals surface area contributed by atoms with Crippen LogP contribution >= 0.6 is 0 Å². The van der Waals surface area contributed by atoms with Crippen LogP contribution in [0.2, 0.25) is 0 Å². The largest absolute Gasteiger partial charge is 0.337 e. The predicted octanol–water partition coefficient (Wildman–Crippen LogP) is 2.67. The van der Waals surface area contributed by atoms with Gasteiger partial charge in [0.2, 0.25) is 0 Å². The van der Waals surface area contributed by atoms with Crippen LogP contribution in [0.15, 0.2) is 47.3 Å². The smallest absolute Gasteiger partial charge is 0.274 e. The number of piperidine rings is 1. The average Bonchev–Trinajstić information content (AvgIpc) is 2.64. The standard InChI is InChI=1S/C19H23N3O2/c1-2-12-22-18(23)9-8-17(20-22)19(24)21-13-10-16(11-14-21)15-6-4-3-5-7-15/h3-9,16H,2,10-14H2,1H3. The van der Waals surface area contributed by atoms with E-state index in [9.17, 15) is 9.59 Å². The molecule has 1 aliphatic heterocycles. The third-order valence-corrected chi connectivity index (χ3v) is 4.57. The molecule has 2 heterocycles. The number of hydrogen-bond donors (Lipinski definition) is 0. The van der Waals surface area contributed by atoms with E-state index in [2.05, 4.69) is 29.4 Å². The quantitative estimate of drug-likeness (QED) is 0.868. The second-order valence-corrected chi connectivity index (χ2v) is 6.26. The van der Waals surface area contributed by atoms with Crippen LogP contribution in [-0.4, -0.2) is 33.7 Å². The molecule has 0 N–H and O–H groups in total. The van der Waals surface area contributed by atoms with Gasteiger partial charge in [0, 0.05) is 25.7 Å². The van der Waals surface area contributed by atoms with Gasteiger partial charge in [-0.3, -0.25) is 9.59 Å². The molecule has 0 unspecified atom stereocenters. The molecule has 0 aliphatic carbocycles. The Morgan fingerprint density at radius 2 is 1.83 bits per heavy atom. The molecule has 126 valence electrons. The molecular formula is C19H23N3O2. The zero-order valence-electron chi connectivity index (χ0n) is 14.0. The molecule has 1 saturated heterocycles. The van der Waals surface area contributed by atoms with Crippen molar-refractivity contribution in [2.75, 3.05) is 13.1 Å². The molecule has 1 aromatic carbocycles. The summed E-state index contributed by atoms with van der Waals surface area (Å²) < 4.78 is 1.38. The number of aromatic nitrogens is 2. The predicted molar refractivity (Wildman–Crippen MR) is 93.1 cm³/mol. The molecular weight excluding hydrogens is 302 g/mol. The molecule has 0 spiro atoms. The van der Waals surface area contributed by atoms with Crippen molar-refractivity contribution in [1.29, 1.82) is 0 Å². The Balaban J connectivity index is 1.67. The number of hydrogen-bond acceptors (Lipinski definition) is 3. The van der Waals surface area contributed by atoms with E-state index in [1.165, 1.54) is 16.3 Å². The van der Waals surface area contributed by atoms with E-state index in [0.29, 0.717) is 18.2 Å². The fourth-order valence-electron chi connectivity index (χ4n) is 3.24. The normalized spacial score (nSPS) is 15.5. The lowest BCUT2D eigenvalue weighted by Gasteiger charge is -2.32. The summed E-state index contributed by atoms with van der Waals surface area (Å²) in [5.74, 6) is 0.434. The highest BCUT2D eigenvalue weighted by atomic mass is 16.2. The molecule has 0 radical (unpaired) electrons. The highest BCUT2D eigenvalue weighted by Gasteiger charge is 2.25. The topological polar surface area (TPSA) is 55.2 Å². The molecule has 24 heavy (non-hydrogen) atoms. The van der Waals surface area contributed by atoms with Gasteiger partial charge in [-0.15, -0.1) is 0 Å². The maximum atomic E-state index is 12.7. The first kappa shape index (κ1) is 16.4. The molecule has 0 atom stereocenters. The van der Waals surface area contributed by atoms with Crippen LogP contribution in [0.1, 0.15) is 48.2 Å². The van der Waals surface area contributed by atoms with E-state index in [4.69, 9.17) is 0 Å². The van der Waals surface area contributed by atoms with Gasteiger partial charge in [-0.05, 0) is 36.8 Å². The van der Waals surface area contributed by atoms with E-state index in [-0.39, 0.29) is 11.5 Å². The van der Waals surface area contributed by atoms with Crippen molar-refractivity contribution in [3.63, 3.8) is 0 Å². The van der Waals surface area contributed by atoms with Gasteiger partial charge in [0.1, 0.15) is 5.69 Å². The van der Waals surface area contributed by atoms with Crippen LogP contribution in [0, 0.1) is 0 Å². The monoisotopic (exact) mass is 325 g/mol. The van der Waals surface area contributed by atoms with Crippen LogP contribution in [-0.2, 0) is 6.54 Å². The van der Waals surface area contributed by atoms with Gasteiger partial charge in [0.05, 0.1) is 0 Å². The summed E-state index contributed by atoms with van der Waals surface area (Å²) in [6.45, 7) is 3.98. The Labute approximate surface area is 141 Å². The van der Waals surface area contributed by atoms with Crippen LogP contribution in [0.5, 0.6) is 0 Å². The Morgan fingerprint density at radius 1 is 1.12 bits per heavy atom. The van der Waals surface area contributed by atoms with Crippen molar-refractivity contribution in [3.8, 4) is 0 Å². The van der Waals surface area contributed by atoms with Gasteiger partial charge in [-0.25, -0.2) is 4.68 Å². The zero-order valence-corrected chi connectivity index (χ0v) is 14.0. The van der Waals surface area contributed by atoms with Crippen molar-refractivity contribution in [2.24, 2.45) is 0 Å². The number of carbonyl (C=O) groups is 1. The lowest BCUT2D eigenvalue weighted by molar-refractivity contribution is 0.0704. The minimum absolute atomic E-state index is 0.0774. The number of rotatable bonds is 4. The SMILES string of the molecule is CCCn1nc(C(=O)N2CCC(c3ccccc3)CC2)ccc1=O. The molecule has 2 aromatic rings. The van der Waals surface area contributed by atoms with E-state index in [1.54, 1.807) is 6.07 Å². The third kappa shape index (κ3) is 3.55. The first-order valence-electron chi connectivity index (χ1n) is 8.61. The first-order chi connectivity index (χ1) is 11.7. The summed E-state index contributed by atoms with van der Waals surface area (Å²) in [6, 6.07) is 13.4. The van der Waals surface area contributed by atoms with Crippen molar-refractivity contribution < 1.29 is 4.79 Å². The van der Waals surface area contributed by atoms with E-state index < -0.39 is 0 Å². The van der Waals surface area contributed by atoms with Gasteiger partial charge < -0.3 is 4.90 Å². The number of nitrogens with zero attached hydrogens (tertiary/aromatic N) is 3. The Morgan fingerprint density at radius 3 is 2.50 bits per heavy atom. The van der Waals surface area contributed by atoms with Crippen LogP contribution in [0.3, 0.4) is 0 Å². The Kier molecular flexibility index (Phi) is 5.08.